The van der Waals surface area contributed by atoms with E-state index in [4.69, 9.17) is 4.74 Å². The standard InChI is InChI=1S/C19H26N2O5/c1-19(2,3)18(25)21-9-5-6-12(11-21)16(22)20-15-8-7-13(26-4)10-14(15)17(23)24/h7-8,10,12H,5-6,9,11H2,1-4H3,(H,20,22)(H,23,24). The number of rotatable bonds is 4. The van der Waals surface area contributed by atoms with Crippen LogP contribution in [0.2, 0.25) is 0 Å². The lowest BCUT2D eigenvalue weighted by Crippen LogP contribution is -2.47. The van der Waals surface area contributed by atoms with Gasteiger partial charge < -0.3 is 20.1 Å². The minimum atomic E-state index is -1.15. The van der Waals surface area contributed by atoms with E-state index in [-0.39, 0.29) is 29.0 Å². The molecule has 0 aromatic heterocycles. The molecule has 0 radical (unpaired) electrons. The molecule has 26 heavy (non-hydrogen) atoms. The molecule has 0 aliphatic carbocycles. The monoisotopic (exact) mass is 362 g/mol. The third-order valence-electron chi connectivity index (χ3n) is 4.44. The Balaban J connectivity index is 2.12. The average Bonchev–Trinajstić information content (AvgIpc) is 2.60. The quantitative estimate of drug-likeness (QED) is 0.858. The van der Waals surface area contributed by atoms with Crippen LogP contribution >= 0.6 is 0 Å². The maximum absolute atomic E-state index is 12.6. The van der Waals surface area contributed by atoms with Crippen molar-refractivity contribution in [2.75, 3.05) is 25.5 Å². The van der Waals surface area contributed by atoms with Crippen LogP contribution in [0.15, 0.2) is 18.2 Å². The first-order chi connectivity index (χ1) is 12.1. The van der Waals surface area contributed by atoms with Crippen molar-refractivity contribution in [3.8, 4) is 5.75 Å². The summed E-state index contributed by atoms with van der Waals surface area (Å²) in [5.41, 5.74) is -0.302. The molecule has 1 aromatic rings. The van der Waals surface area contributed by atoms with Crippen molar-refractivity contribution < 1.29 is 24.2 Å². The molecule has 0 bridgehead atoms. The predicted molar refractivity (Wildman–Crippen MR) is 97.3 cm³/mol. The summed E-state index contributed by atoms with van der Waals surface area (Å²) in [6.07, 6.45) is 1.41. The van der Waals surface area contributed by atoms with Crippen LogP contribution in [0, 0.1) is 11.3 Å². The number of ether oxygens (including phenoxy) is 1. The van der Waals surface area contributed by atoms with E-state index < -0.39 is 11.4 Å². The van der Waals surface area contributed by atoms with E-state index in [0.29, 0.717) is 25.3 Å². The number of nitrogens with one attached hydrogen (secondary N) is 1. The Bertz CT molecular complexity index is 708. The lowest BCUT2D eigenvalue weighted by atomic mass is 9.91. The first-order valence-electron chi connectivity index (χ1n) is 8.65. The van der Waals surface area contributed by atoms with Gasteiger partial charge in [-0.25, -0.2) is 4.79 Å². The summed E-state index contributed by atoms with van der Waals surface area (Å²) in [5, 5.41) is 12.1. The number of benzene rings is 1. The highest BCUT2D eigenvalue weighted by molar-refractivity contribution is 6.01. The number of carbonyl (C=O) groups excluding carboxylic acids is 2. The summed E-state index contributed by atoms with van der Waals surface area (Å²) >= 11 is 0. The number of likely N-dealkylation sites (tertiary alicyclic amines) is 1. The van der Waals surface area contributed by atoms with E-state index in [2.05, 4.69) is 5.32 Å². The van der Waals surface area contributed by atoms with E-state index in [1.807, 2.05) is 20.8 Å². The molecule has 1 unspecified atom stereocenters. The molecule has 1 aliphatic rings. The summed E-state index contributed by atoms with van der Waals surface area (Å²) in [5.74, 6) is -1.36. The van der Waals surface area contributed by atoms with E-state index in [1.54, 1.807) is 11.0 Å². The fourth-order valence-corrected chi connectivity index (χ4v) is 3.02. The van der Waals surface area contributed by atoms with Gasteiger partial charge in [0.05, 0.1) is 24.3 Å². The van der Waals surface area contributed by atoms with E-state index in [9.17, 15) is 19.5 Å². The van der Waals surface area contributed by atoms with Crippen LogP contribution in [0.25, 0.3) is 0 Å². The Kier molecular flexibility index (Phi) is 5.90. The molecular formula is C19H26N2O5. The minimum absolute atomic E-state index is 0.0191. The summed E-state index contributed by atoms with van der Waals surface area (Å²) < 4.78 is 5.03. The predicted octanol–water partition coefficient (Wildman–Crippen LogP) is 2.62. The Labute approximate surface area is 153 Å². The molecular weight excluding hydrogens is 336 g/mol. The number of methoxy groups -OCH3 is 1. The summed E-state index contributed by atoms with van der Waals surface area (Å²) in [4.78, 5) is 38.3. The molecule has 2 amide bonds. The number of hydrogen-bond acceptors (Lipinski definition) is 4. The maximum Gasteiger partial charge on any atom is 0.337 e. The molecule has 2 N–H and O–H groups in total. The molecule has 1 atom stereocenters. The van der Waals surface area contributed by atoms with Gasteiger partial charge >= 0.3 is 5.97 Å². The zero-order valence-electron chi connectivity index (χ0n) is 15.7. The van der Waals surface area contributed by atoms with E-state index in [1.165, 1.54) is 19.2 Å². The number of amides is 2. The van der Waals surface area contributed by atoms with Gasteiger partial charge in [-0.1, -0.05) is 20.8 Å². The minimum Gasteiger partial charge on any atom is -0.497 e. The topological polar surface area (TPSA) is 95.9 Å². The number of carboxylic acids is 1. The highest BCUT2D eigenvalue weighted by atomic mass is 16.5. The van der Waals surface area contributed by atoms with E-state index >= 15 is 0 Å². The van der Waals surface area contributed by atoms with Gasteiger partial charge in [-0.3, -0.25) is 9.59 Å². The highest BCUT2D eigenvalue weighted by Crippen LogP contribution is 2.26. The van der Waals surface area contributed by atoms with Gasteiger partial charge in [0.1, 0.15) is 5.75 Å². The van der Waals surface area contributed by atoms with Crippen molar-refractivity contribution >= 4 is 23.5 Å². The molecule has 7 heteroatoms. The fourth-order valence-electron chi connectivity index (χ4n) is 3.02. The smallest absolute Gasteiger partial charge is 0.337 e. The Morgan fingerprint density at radius 2 is 1.96 bits per heavy atom. The number of nitrogens with zero attached hydrogens (tertiary/aromatic N) is 1. The Morgan fingerprint density at radius 1 is 1.27 bits per heavy atom. The lowest BCUT2D eigenvalue weighted by molar-refractivity contribution is -0.142. The SMILES string of the molecule is COc1ccc(NC(=O)C2CCCN(C(=O)C(C)(C)C)C2)c(C(=O)O)c1. The van der Waals surface area contributed by atoms with Gasteiger partial charge in [0.25, 0.3) is 0 Å². The van der Waals surface area contributed by atoms with Crippen LogP contribution in [-0.2, 0) is 9.59 Å². The Morgan fingerprint density at radius 3 is 2.54 bits per heavy atom. The van der Waals surface area contributed by atoms with Gasteiger partial charge in [0.15, 0.2) is 0 Å². The number of aromatic carboxylic acids is 1. The summed E-state index contributed by atoms with van der Waals surface area (Å²) in [6, 6.07) is 4.48. The fraction of sp³-hybridized carbons (Fsp3) is 0.526. The van der Waals surface area contributed by atoms with Crippen LogP contribution in [0.5, 0.6) is 5.75 Å². The average molecular weight is 362 g/mol. The molecule has 142 valence electrons. The molecule has 1 aliphatic heterocycles. The highest BCUT2D eigenvalue weighted by Gasteiger charge is 2.33. The van der Waals surface area contributed by atoms with Gasteiger partial charge in [0, 0.05) is 18.5 Å². The van der Waals surface area contributed by atoms with Crippen LogP contribution in [0.4, 0.5) is 5.69 Å². The number of piperidine rings is 1. The number of carboxylic acid groups (broad SMARTS) is 1. The van der Waals surface area contributed by atoms with Gasteiger partial charge in [-0.2, -0.15) is 0 Å². The number of hydrogen-bond donors (Lipinski definition) is 2. The molecule has 0 saturated carbocycles. The van der Waals surface area contributed by atoms with Gasteiger partial charge in [-0.05, 0) is 31.0 Å². The largest absolute Gasteiger partial charge is 0.497 e. The second kappa shape index (κ2) is 7.76. The van der Waals surface area contributed by atoms with Gasteiger partial charge in [-0.15, -0.1) is 0 Å². The summed E-state index contributed by atoms with van der Waals surface area (Å²) in [6.45, 7) is 6.56. The molecule has 1 fully saturated rings. The zero-order valence-corrected chi connectivity index (χ0v) is 15.7. The first-order valence-corrected chi connectivity index (χ1v) is 8.65. The van der Waals surface area contributed by atoms with Crippen molar-refractivity contribution in [1.82, 2.24) is 4.90 Å². The first kappa shape index (κ1) is 19.8. The molecule has 1 aromatic carbocycles. The molecule has 1 saturated heterocycles. The Hall–Kier alpha value is -2.57. The maximum atomic E-state index is 12.6. The zero-order chi connectivity index (χ0) is 19.5. The van der Waals surface area contributed by atoms with Crippen LogP contribution < -0.4 is 10.1 Å². The second-order valence-corrected chi connectivity index (χ2v) is 7.55. The second-order valence-electron chi connectivity index (χ2n) is 7.55. The normalized spacial score (nSPS) is 17.5. The molecule has 7 nitrogen and oxygen atoms in total. The third-order valence-corrected chi connectivity index (χ3v) is 4.44. The number of anilines is 1. The van der Waals surface area contributed by atoms with Crippen LogP contribution in [0.3, 0.4) is 0 Å². The van der Waals surface area contributed by atoms with Crippen molar-refractivity contribution in [2.24, 2.45) is 11.3 Å². The number of carbonyl (C=O) groups is 3. The lowest BCUT2D eigenvalue weighted by Gasteiger charge is -2.35. The van der Waals surface area contributed by atoms with Crippen molar-refractivity contribution in [3.05, 3.63) is 23.8 Å². The third kappa shape index (κ3) is 4.53. The summed E-state index contributed by atoms with van der Waals surface area (Å²) in [7, 11) is 1.45. The van der Waals surface area contributed by atoms with Crippen molar-refractivity contribution in [2.45, 2.75) is 33.6 Å². The van der Waals surface area contributed by atoms with Crippen LogP contribution in [0.1, 0.15) is 44.0 Å². The van der Waals surface area contributed by atoms with Crippen LogP contribution in [-0.4, -0.2) is 48.0 Å². The van der Waals surface area contributed by atoms with Crippen molar-refractivity contribution in [1.29, 1.82) is 0 Å². The molecule has 1 heterocycles. The molecule has 0 spiro atoms. The van der Waals surface area contributed by atoms with Gasteiger partial charge in [0.2, 0.25) is 11.8 Å². The van der Waals surface area contributed by atoms with E-state index in [0.717, 1.165) is 6.42 Å². The van der Waals surface area contributed by atoms with Crippen molar-refractivity contribution in [3.63, 3.8) is 0 Å². The molecule has 2 rings (SSSR count).